The maximum atomic E-state index is 12.1. The number of amides is 2. The second-order valence-electron chi connectivity index (χ2n) is 6.73. The fourth-order valence-electron chi connectivity index (χ4n) is 3.28. The Hall–Kier alpha value is -2.41. The lowest BCUT2D eigenvalue weighted by molar-refractivity contribution is 0.177. The van der Waals surface area contributed by atoms with Gasteiger partial charge in [0.2, 0.25) is 0 Å². The first-order chi connectivity index (χ1) is 12.0. The van der Waals surface area contributed by atoms with Crippen molar-refractivity contribution in [3.05, 3.63) is 41.5 Å². The molecule has 1 aliphatic carbocycles. The van der Waals surface area contributed by atoms with Crippen LogP contribution in [-0.2, 0) is 6.54 Å². The standard InChI is InChI=1S/C18H25N5O2/c1-12-20-13(2)23(22-12)11-15-4-3-5-16(8-15)21-18(25)19-10-14-6-7-17(24)9-14/h3-5,8,14,17,24H,6-7,9-11H2,1-2H3,(H2,19,21,25)/t14-,17+/m1/s1. The van der Waals surface area contributed by atoms with Gasteiger partial charge >= 0.3 is 6.03 Å². The fraction of sp³-hybridized carbons (Fsp3) is 0.500. The maximum absolute atomic E-state index is 12.1. The molecule has 2 aromatic rings. The summed E-state index contributed by atoms with van der Waals surface area (Å²) in [7, 11) is 0. The third kappa shape index (κ3) is 4.79. The van der Waals surface area contributed by atoms with E-state index in [0.29, 0.717) is 19.0 Å². The molecule has 3 rings (SSSR count). The number of urea groups is 1. The topological polar surface area (TPSA) is 92.1 Å². The number of aryl methyl sites for hydroxylation is 2. The van der Waals surface area contributed by atoms with Gasteiger partial charge in [-0.2, -0.15) is 5.10 Å². The number of benzene rings is 1. The lowest BCUT2D eigenvalue weighted by Gasteiger charge is -2.12. The van der Waals surface area contributed by atoms with E-state index in [1.54, 1.807) is 0 Å². The number of rotatable bonds is 5. The molecule has 0 saturated heterocycles. The lowest BCUT2D eigenvalue weighted by atomic mass is 10.1. The quantitative estimate of drug-likeness (QED) is 0.776. The zero-order chi connectivity index (χ0) is 17.8. The van der Waals surface area contributed by atoms with Crippen molar-refractivity contribution in [1.29, 1.82) is 0 Å². The summed E-state index contributed by atoms with van der Waals surface area (Å²) in [6, 6.07) is 7.50. The molecule has 1 aromatic heterocycles. The van der Waals surface area contributed by atoms with E-state index >= 15 is 0 Å². The van der Waals surface area contributed by atoms with Gasteiger partial charge in [0.05, 0.1) is 12.6 Å². The summed E-state index contributed by atoms with van der Waals surface area (Å²) >= 11 is 0. The molecule has 25 heavy (non-hydrogen) atoms. The molecule has 2 amide bonds. The third-order valence-electron chi connectivity index (χ3n) is 4.54. The van der Waals surface area contributed by atoms with Crippen molar-refractivity contribution in [2.24, 2.45) is 5.92 Å². The first-order valence-electron chi connectivity index (χ1n) is 8.69. The fourth-order valence-corrected chi connectivity index (χ4v) is 3.28. The number of hydrogen-bond donors (Lipinski definition) is 3. The van der Waals surface area contributed by atoms with Crippen molar-refractivity contribution in [3.63, 3.8) is 0 Å². The van der Waals surface area contributed by atoms with Crippen molar-refractivity contribution >= 4 is 11.7 Å². The second-order valence-corrected chi connectivity index (χ2v) is 6.73. The predicted octanol–water partition coefficient (Wildman–Crippen LogP) is 2.23. The average Bonchev–Trinajstić information content (AvgIpc) is 3.11. The van der Waals surface area contributed by atoms with Crippen LogP contribution in [0, 0.1) is 19.8 Å². The number of aliphatic hydroxyl groups excluding tert-OH is 1. The molecule has 0 spiro atoms. The van der Waals surface area contributed by atoms with Crippen LogP contribution in [0.1, 0.15) is 36.5 Å². The summed E-state index contributed by atoms with van der Waals surface area (Å²) < 4.78 is 1.85. The summed E-state index contributed by atoms with van der Waals surface area (Å²) in [5, 5.41) is 19.6. The molecule has 7 heteroatoms. The molecule has 0 unspecified atom stereocenters. The number of nitrogens with one attached hydrogen (secondary N) is 2. The summed E-state index contributed by atoms with van der Waals surface area (Å²) in [6.07, 6.45) is 2.35. The van der Waals surface area contributed by atoms with Crippen LogP contribution in [-0.4, -0.2) is 38.6 Å². The van der Waals surface area contributed by atoms with Gasteiger partial charge < -0.3 is 15.7 Å². The molecule has 0 aliphatic heterocycles. The second kappa shape index (κ2) is 7.65. The Morgan fingerprint density at radius 1 is 1.36 bits per heavy atom. The molecule has 134 valence electrons. The highest BCUT2D eigenvalue weighted by molar-refractivity contribution is 5.89. The highest BCUT2D eigenvalue weighted by Crippen LogP contribution is 2.24. The lowest BCUT2D eigenvalue weighted by Crippen LogP contribution is -2.32. The van der Waals surface area contributed by atoms with E-state index in [-0.39, 0.29) is 12.1 Å². The number of aromatic nitrogens is 3. The number of carbonyl (C=O) groups excluding carboxylic acids is 1. The maximum Gasteiger partial charge on any atom is 0.319 e. The molecule has 0 radical (unpaired) electrons. The Bertz CT molecular complexity index is 743. The first-order valence-corrected chi connectivity index (χ1v) is 8.69. The van der Waals surface area contributed by atoms with Crippen LogP contribution in [0.25, 0.3) is 0 Å². The van der Waals surface area contributed by atoms with Gasteiger partial charge in [-0.25, -0.2) is 14.5 Å². The van der Waals surface area contributed by atoms with E-state index in [1.165, 1.54) is 0 Å². The largest absolute Gasteiger partial charge is 0.393 e. The minimum atomic E-state index is -0.216. The minimum absolute atomic E-state index is 0.213. The van der Waals surface area contributed by atoms with Gasteiger partial charge in [0, 0.05) is 12.2 Å². The number of aliphatic hydroxyl groups is 1. The Balaban J connectivity index is 1.54. The summed E-state index contributed by atoms with van der Waals surface area (Å²) in [5.41, 5.74) is 1.79. The van der Waals surface area contributed by atoms with Crippen LogP contribution in [0.4, 0.5) is 10.5 Å². The van der Waals surface area contributed by atoms with E-state index in [9.17, 15) is 9.90 Å². The first kappa shape index (κ1) is 17.4. The summed E-state index contributed by atoms with van der Waals surface area (Å²) in [6.45, 7) is 5.01. The average molecular weight is 343 g/mol. The molecule has 1 heterocycles. The van der Waals surface area contributed by atoms with Crippen LogP contribution >= 0.6 is 0 Å². The van der Waals surface area contributed by atoms with Crippen LogP contribution in [0.5, 0.6) is 0 Å². The zero-order valence-electron chi connectivity index (χ0n) is 14.7. The summed E-state index contributed by atoms with van der Waals surface area (Å²) in [4.78, 5) is 16.4. The Kier molecular flexibility index (Phi) is 5.33. The Morgan fingerprint density at radius 2 is 2.20 bits per heavy atom. The minimum Gasteiger partial charge on any atom is -0.393 e. The Labute approximate surface area is 147 Å². The molecular formula is C18H25N5O2. The van der Waals surface area contributed by atoms with Crippen molar-refractivity contribution in [2.45, 2.75) is 45.8 Å². The van der Waals surface area contributed by atoms with Gasteiger partial charge in [0.1, 0.15) is 11.6 Å². The molecule has 2 atom stereocenters. The van der Waals surface area contributed by atoms with Gasteiger partial charge in [0.25, 0.3) is 0 Å². The number of carbonyl (C=O) groups is 1. The smallest absolute Gasteiger partial charge is 0.319 e. The molecule has 1 saturated carbocycles. The van der Waals surface area contributed by atoms with Crippen LogP contribution < -0.4 is 10.6 Å². The third-order valence-corrected chi connectivity index (χ3v) is 4.54. The van der Waals surface area contributed by atoms with E-state index in [2.05, 4.69) is 20.7 Å². The van der Waals surface area contributed by atoms with E-state index in [1.807, 2.05) is 42.8 Å². The van der Waals surface area contributed by atoms with Crippen molar-refractivity contribution in [1.82, 2.24) is 20.1 Å². The Morgan fingerprint density at radius 3 is 2.88 bits per heavy atom. The van der Waals surface area contributed by atoms with E-state index < -0.39 is 0 Å². The molecule has 1 aliphatic rings. The molecular weight excluding hydrogens is 318 g/mol. The predicted molar refractivity (Wildman–Crippen MR) is 95.4 cm³/mol. The molecule has 3 N–H and O–H groups in total. The molecule has 1 aromatic carbocycles. The SMILES string of the molecule is Cc1nc(C)n(Cc2cccc(NC(=O)NC[C@@H]3CC[C@H](O)C3)c2)n1. The zero-order valence-corrected chi connectivity index (χ0v) is 14.7. The van der Waals surface area contributed by atoms with Gasteiger partial charge in [-0.1, -0.05) is 12.1 Å². The van der Waals surface area contributed by atoms with Crippen molar-refractivity contribution in [3.8, 4) is 0 Å². The molecule has 1 fully saturated rings. The number of anilines is 1. The van der Waals surface area contributed by atoms with E-state index in [0.717, 1.165) is 42.2 Å². The molecule has 0 bridgehead atoms. The van der Waals surface area contributed by atoms with Crippen LogP contribution in [0.15, 0.2) is 24.3 Å². The molecule has 7 nitrogen and oxygen atoms in total. The van der Waals surface area contributed by atoms with Crippen molar-refractivity contribution in [2.75, 3.05) is 11.9 Å². The van der Waals surface area contributed by atoms with Crippen LogP contribution in [0.2, 0.25) is 0 Å². The van der Waals surface area contributed by atoms with Gasteiger partial charge in [-0.3, -0.25) is 0 Å². The van der Waals surface area contributed by atoms with Crippen molar-refractivity contribution < 1.29 is 9.90 Å². The number of nitrogens with zero attached hydrogens (tertiary/aromatic N) is 3. The van der Waals surface area contributed by atoms with Gasteiger partial charge in [-0.15, -0.1) is 0 Å². The number of hydrogen-bond acceptors (Lipinski definition) is 4. The highest BCUT2D eigenvalue weighted by atomic mass is 16.3. The summed E-state index contributed by atoms with van der Waals surface area (Å²) in [5.74, 6) is 1.99. The highest BCUT2D eigenvalue weighted by Gasteiger charge is 2.22. The van der Waals surface area contributed by atoms with Crippen LogP contribution in [0.3, 0.4) is 0 Å². The normalized spacial score (nSPS) is 19.8. The van der Waals surface area contributed by atoms with Gasteiger partial charge in [0.15, 0.2) is 0 Å². The van der Waals surface area contributed by atoms with E-state index in [4.69, 9.17) is 0 Å². The van der Waals surface area contributed by atoms with Gasteiger partial charge in [-0.05, 0) is 56.7 Å². The monoisotopic (exact) mass is 343 g/mol.